The Morgan fingerprint density at radius 1 is 0.526 bits per heavy atom. The van der Waals surface area contributed by atoms with Crippen molar-refractivity contribution in [1.82, 2.24) is 5.32 Å². The molecule has 1 N–H and O–H groups in total. The molecule has 0 aromatic heterocycles. The Labute approximate surface area is 340 Å². The number of fused-ring (bicyclic) bond motifs is 3. The molecule has 0 aliphatic heterocycles. The molecule has 11 heteroatoms. The van der Waals surface area contributed by atoms with Crippen LogP contribution in [0.4, 0.5) is 4.79 Å². The summed E-state index contributed by atoms with van der Waals surface area (Å²) in [7, 11) is -2.55. The summed E-state index contributed by atoms with van der Waals surface area (Å²) in [4.78, 5) is 12.3. The van der Waals surface area contributed by atoms with Crippen LogP contribution in [-0.4, -0.2) is 113 Å². The number of benzene rings is 4. The number of nitrogens with one attached hydrogen (secondary N) is 1. The van der Waals surface area contributed by atoms with Crippen LogP contribution in [0.2, 0.25) is 5.04 Å². The van der Waals surface area contributed by atoms with E-state index in [2.05, 4.69) is 111 Å². The van der Waals surface area contributed by atoms with Gasteiger partial charge in [-0.05, 0) is 44.1 Å². The maximum Gasteiger partial charge on any atom is 0.407 e. The molecule has 308 valence electrons. The first-order valence-corrected chi connectivity index (χ1v) is 22.1. The molecule has 0 atom stereocenters. The van der Waals surface area contributed by atoms with E-state index in [-0.39, 0.29) is 11.0 Å². The van der Waals surface area contributed by atoms with Gasteiger partial charge < -0.3 is 42.9 Å². The zero-order chi connectivity index (χ0) is 40.0. The highest BCUT2D eigenvalue weighted by atomic mass is 28.4. The topological polar surface area (TPSA) is 103 Å². The van der Waals surface area contributed by atoms with Gasteiger partial charge in [0.2, 0.25) is 0 Å². The van der Waals surface area contributed by atoms with Crippen LogP contribution in [0.15, 0.2) is 109 Å². The van der Waals surface area contributed by atoms with Crippen molar-refractivity contribution >= 4 is 24.8 Å². The zero-order valence-corrected chi connectivity index (χ0v) is 35.0. The van der Waals surface area contributed by atoms with Gasteiger partial charge in [-0.3, -0.25) is 0 Å². The molecule has 0 bridgehead atoms. The Bertz CT molecular complexity index is 1640. The summed E-state index contributed by atoms with van der Waals surface area (Å²) < 4.78 is 46.3. The van der Waals surface area contributed by atoms with E-state index in [0.29, 0.717) is 105 Å². The third-order valence-corrected chi connectivity index (χ3v) is 14.9. The van der Waals surface area contributed by atoms with Crippen molar-refractivity contribution in [3.05, 3.63) is 120 Å². The molecule has 57 heavy (non-hydrogen) atoms. The van der Waals surface area contributed by atoms with Crippen LogP contribution >= 0.6 is 0 Å². The number of rotatable bonds is 27. The van der Waals surface area contributed by atoms with E-state index in [4.69, 9.17) is 37.6 Å². The lowest BCUT2D eigenvalue weighted by atomic mass is 9.98. The highest BCUT2D eigenvalue weighted by molar-refractivity contribution is 6.99. The van der Waals surface area contributed by atoms with E-state index >= 15 is 0 Å². The lowest BCUT2D eigenvalue weighted by molar-refractivity contribution is -0.0179. The van der Waals surface area contributed by atoms with Crippen LogP contribution in [0.25, 0.3) is 11.1 Å². The lowest BCUT2D eigenvalue weighted by Gasteiger charge is -2.43. The first-order chi connectivity index (χ1) is 27.9. The van der Waals surface area contributed by atoms with E-state index in [1.54, 1.807) is 0 Å². The molecule has 0 saturated carbocycles. The molecule has 4 aromatic rings. The number of amides is 1. The zero-order valence-electron chi connectivity index (χ0n) is 34.0. The molecule has 0 radical (unpaired) electrons. The second-order valence-corrected chi connectivity index (χ2v) is 19.1. The molecular weight excluding hydrogens is 739 g/mol. The summed E-state index contributed by atoms with van der Waals surface area (Å²) in [6.07, 6.45) is 0.275. The van der Waals surface area contributed by atoms with Crippen LogP contribution in [0.3, 0.4) is 0 Å². The van der Waals surface area contributed by atoms with Gasteiger partial charge >= 0.3 is 6.09 Å². The summed E-state index contributed by atoms with van der Waals surface area (Å²) in [6.45, 7) is 14.1. The fraction of sp³-hybridized carbons (Fsp3) is 0.457. The Balaban J connectivity index is 0.781. The minimum absolute atomic E-state index is 0.0502. The predicted octanol–water partition coefficient (Wildman–Crippen LogP) is 6.59. The van der Waals surface area contributed by atoms with Gasteiger partial charge in [-0.1, -0.05) is 130 Å². The van der Waals surface area contributed by atoms with Crippen molar-refractivity contribution in [2.24, 2.45) is 0 Å². The highest BCUT2D eigenvalue weighted by Gasteiger charge is 2.50. The number of hydrogen-bond acceptors (Lipinski definition) is 9. The fourth-order valence-corrected chi connectivity index (χ4v) is 11.8. The molecule has 0 heterocycles. The second kappa shape index (κ2) is 24.1. The standard InChI is InChI=1S/C46H61NO9Si/c1-46(2,3)57(38-15-6-4-7-16-38,39-17-8-5-9-18-39)56-36-35-54-34-33-53-32-31-52-30-29-51-28-27-50-26-25-49-24-14-23-47-45(48)55-37-44-42-21-12-10-19-40(42)41-20-11-13-22-43(41)44/h4-13,15-22,44H,14,23-37H2,1-3H3,(H,47,48). The quantitative estimate of drug-likeness (QED) is 0.0529. The Morgan fingerprint density at radius 3 is 1.35 bits per heavy atom. The molecule has 0 spiro atoms. The molecule has 1 amide bonds. The molecule has 10 nitrogen and oxygen atoms in total. The van der Waals surface area contributed by atoms with Crippen molar-refractivity contribution in [3.63, 3.8) is 0 Å². The van der Waals surface area contributed by atoms with Crippen molar-refractivity contribution in [2.45, 2.75) is 38.1 Å². The molecule has 0 unspecified atom stereocenters. The van der Waals surface area contributed by atoms with Crippen molar-refractivity contribution in [3.8, 4) is 11.1 Å². The van der Waals surface area contributed by atoms with Gasteiger partial charge in [0.05, 0.1) is 79.3 Å². The summed E-state index contributed by atoms with van der Waals surface area (Å²) in [5.41, 5.74) is 4.82. The van der Waals surface area contributed by atoms with Crippen molar-refractivity contribution in [2.75, 3.05) is 99.0 Å². The minimum atomic E-state index is -2.55. The minimum Gasteiger partial charge on any atom is -0.449 e. The average Bonchev–Trinajstić information content (AvgIpc) is 3.55. The molecule has 4 aromatic carbocycles. The monoisotopic (exact) mass is 799 g/mol. The van der Waals surface area contributed by atoms with Crippen LogP contribution in [-0.2, 0) is 37.6 Å². The highest BCUT2D eigenvalue weighted by Crippen LogP contribution is 2.44. The fourth-order valence-electron chi connectivity index (χ4n) is 7.23. The van der Waals surface area contributed by atoms with Gasteiger partial charge in [0, 0.05) is 19.1 Å². The molecule has 5 rings (SSSR count). The number of carbonyl (C=O) groups excluding carboxylic acids is 1. The van der Waals surface area contributed by atoms with Gasteiger partial charge in [-0.15, -0.1) is 0 Å². The first-order valence-electron chi connectivity index (χ1n) is 20.2. The van der Waals surface area contributed by atoms with E-state index in [9.17, 15) is 4.79 Å². The number of hydrogen-bond donors (Lipinski definition) is 1. The van der Waals surface area contributed by atoms with Crippen LogP contribution < -0.4 is 15.7 Å². The molecule has 0 saturated heterocycles. The molecule has 1 aliphatic carbocycles. The maximum atomic E-state index is 12.3. The summed E-state index contributed by atoms with van der Waals surface area (Å²) in [5, 5.41) is 5.28. The predicted molar refractivity (Wildman–Crippen MR) is 226 cm³/mol. The van der Waals surface area contributed by atoms with E-state index < -0.39 is 14.4 Å². The molecular formula is C46H61NO9Si. The number of carbonyl (C=O) groups is 1. The van der Waals surface area contributed by atoms with Crippen molar-refractivity contribution < 1.29 is 42.4 Å². The van der Waals surface area contributed by atoms with Gasteiger partial charge in [-0.2, -0.15) is 0 Å². The van der Waals surface area contributed by atoms with Gasteiger partial charge in [0.25, 0.3) is 8.32 Å². The second-order valence-electron chi connectivity index (χ2n) is 14.8. The van der Waals surface area contributed by atoms with Gasteiger partial charge in [0.15, 0.2) is 0 Å². The maximum absolute atomic E-state index is 12.3. The smallest absolute Gasteiger partial charge is 0.407 e. The number of ether oxygens (including phenoxy) is 7. The van der Waals surface area contributed by atoms with Gasteiger partial charge in [0.1, 0.15) is 6.61 Å². The van der Waals surface area contributed by atoms with E-state index in [1.807, 2.05) is 24.3 Å². The summed E-state index contributed by atoms with van der Waals surface area (Å²) in [6, 6.07) is 37.9. The SMILES string of the molecule is CC(C)(C)[Si](OCCOCCOCCOCCOCCOCCOCCCNC(=O)OCC1c2ccccc2-c2ccccc21)(c1ccccc1)c1ccccc1. The third-order valence-electron chi connectivity index (χ3n) is 9.90. The Morgan fingerprint density at radius 2 is 0.912 bits per heavy atom. The summed E-state index contributed by atoms with van der Waals surface area (Å²) >= 11 is 0. The van der Waals surface area contributed by atoms with Crippen molar-refractivity contribution in [1.29, 1.82) is 0 Å². The number of alkyl carbamates (subject to hydrolysis) is 1. The third kappa shape index (κ3) is 13.3. The van der Waals surface area contributed by atoms with Gasteiger partial charge in [-0.25, -0.2) is 4.79 Å². The van der Waals surface area contributed by atoms with Crippen LogP contribution in [0.1, 0.15) is 44.2 Å². The largest absolute Gasteiger partial charge is 0.449 e. The molecule has 1 aliphatic rings. The Hall–Kier alpha value is -3.91. The first kappa shape index (κ1) is 44.2. The lowest BCUT2D eigenvalue weighted by Crippen LogP contribution is -2.66. The van der Waals surface area contributed by atoms with E-state index in [0.717, 1.165) is 0 Å². The molecule has 0 fully saturated rings. The average molecular weight is 800 g/mol. The van der Waals surface area contributed by atoms with Crippen LogP contribution in [0.5, 0.6) is 0 Å². The summed E-state index contributed by atoms with van der Waals surface area (Å²) in [5.74, 6) is 0.0502. The van der Waals surface area contributed by atoms with Crippen LogP contribution in [0, 0.1) is 0 Å². The van der Waals surface area contributed by atoms with E-state index in [1.165, 1.54) is 32.6 Å². The Kier molecular flexibility index (Phi) is 18.7. The normalized spacial score (nSPS) is 12.7.